The molecule has 1 heterocycles. The standard InChI is InChI=1S/C14H22N2O2/c1-15-7-6-12(10-15)14(18)11-16(8-9-17)13-4-2-3-5-13/h6-7,10,13,17H,2-5,8-9,11H2,1H3. The lowest BCUT2D eigenvalue weighted by atomic mass is 10.1. The Morgan fingerprint density at radius 2 is 2.22 bits per heavy atom. The van der Waals surface area contributed by atoms with Gasteiger partial charge >= 0.3 is 0 Å². The van der Waals surface area contributed by atoms with Crippen LogP contribution in [0.25, 0.3) is 0 Å². The van der Waals surface area contributed by atoms with Crippen LogP contribution in [-0.4, -0.2) is 46.1 Å². The molecule has 0 amide bonds. The smallest absolute Gasteiger partial charge is 0.178 e. The van der Waals surface area contributed by atoms with E-state index < -0.39 is 0 Å². The van der Waals surface area contributed by atoms with Crippen molar-refractivity contribution in [2.75, 3.05) is 19.7 Å². The first kappa shape index (κ1) is 13.3. The molecule has 1 aromatic rings. The Balaban J connectivity index is 1.97. The van der Waals surface area contributed by atoms with Crippen LogP contribution in [0.15, 0.2) is 18.5 Å². The number of aliphatic hydroxyl groups excluding tert-OH is 1. The van der Waals surface area contributed by atoms with Gasteiger partial charge in [-0.05, 0) is 18.9 Å². The quantitative estimate of drug-likeness (QED) is 0.777. The van der Waals surface area contributed by atoms with Gasteiger partial charge in [0.25, 0.3) is 0 Å². The summed E-state index contributed by atoms with van der Waals surface area (Å²) in [6, 6.07) is 2.33. The molecule has 1 aliphatic rings. The minimum absolute atomic E-state index is 0.124. The van der Waals surface area contributed by atoms with E-state index in [1.807, 2.05) is 30.1 Å². The van der Waals surface area contributed by atoms with E-state index in [-0.39, 0.29) is 12.4 Å². The van der Waals surface area contributed by atoms with Crippen molar-refractivity contribution in [1.82, 2.24) is 9.47 Å². The molecule has 100 valence electrons. The van der Waals surface area contributed by atoms with Crippen molar-refractivity contribution < 1.29 is 9.90 Å². The predicted octanol–water partition coefficient (Wildman–Crippen LogP) is 1.44. The summed E-state index contributed by atoms with van der Waals surface area (Å²) in [5.74, 6) is 0.149. The summed E-state index contributed by atoms with van der Waals surface area (Å²) in [5.41, 5.74) is 0.762. The zero-order chi connectivity index (χ0) is 13.0. The SMILES string of the molecule is Cn1ccc(C(=O)CN(CCO)C2CCCC2)c1. The zero-order valence-electron chi connectivity index (χ0n) is 11.0. The fourth-order valence-electron chi connectivity index (χ4n) is 2.73. The highest BCUT2D eigenvalue weighted by Gasteiger charge is 2.24. The van der Waals surface area contributed by atoms with Gasteiger partial charge in [0, 0.05) is 37.6 Å². The molecule has 1 saturated carbocycles. The molecule has 1 N–H and O–H groups in total. The summed E-state index contributed by atoms with van der Waals surface area (Å²) in [5, 5.41) is 9.13. The number of carbonyl (C=O) groups excluding carboxylic acids is 1. The number of hydrogen-bond acceptors (Lipinski definition) is 3. The second-order valence-electron chi connectivity index (χ2n) is 5.12. The van der Waals surface area contributed by atoms with Crippen LogP contribution in [0.5, 0.6) is 0 Å². The molecule has 4 heteroatoms. The summed E-state index contributed by atoms with van der Waals surface area (Å²) in [6.45, 7) is 1.15. The molecule has 0 saturated heterocycles. The third-order valence-electron chi connectivity index (χ3n) is 3.73. The average molecular weight is 250 g/mol. The molecule has 0 aliphatic heterocycles. The van der Waals surface area contributed by atoms with E-state index in [0.717, 1.165) is 18.4 Å². The van der Waals surface area contributed by atoms with Gasteiger partial charge in [-0.15, -0.1) is 0 Å². The van der Waals surface area contributed by atoms with Crippen LogP contribution in [-0.2, 0) is 7.05 Å². The molecule has 0 unspecified atom stereocenters. The Bertz CT molecular complexity index is 394. The third-order valence-corrected chi connectivity index (χ3v) is 3.73. The van der Waals surface area contributed by atoms with Crippen molar-refractivity contribution in [1.29, 1.82) is 0 Å². The first-order valence-corrected chi connectivity index (χ1v) is 6.71. The Morgan fingerprint density at radius 3 is 2.78 bits per heavy atom. The lowest BCUT2D eigenvalue weighted by molar-refractivity contribution is 0.0862. The lowest BCUT2D eigenvalue weighted by Crippen LogP contribution is -2.39. The second-order valence-corrected chi connectivity index (χ2v) is 5.12. The van der Waals surface area contributed by atoms with Gasteiger partial charge in [0.05, 0.1) is 13.2 Å². The van der Waals surface area contributed by atoms with Crippen molar-refractivity contribution in [3.05, 3.63) is 24.0 Å². The van der Waals surface area contributed by atoms with Crippen molar-refractivity contribution in [3.63, 3.8) is 0 Å². The lowest BCUT2D eigenvalue weighted by Gasteiger charge is -2.27. The highest BCUT2D eigenvalue weighted by atomic mass is 16.3. The Morgan fingerprint density at radius 1 is 1.50 bits per heavy atom. The topological polar surface area (TPSA) is 45.5 Å². The molecule has 0 bridgehead atoms. The molecular weight excluding hydrogens is 228 g/mol. The fraction of sp³-hybridized carbons (Fsp3) is 0.643. The van der Waals surface area contributed by atoms with E-state index in [4.69, 9.17) is 5.11 Å². The average Bonchev–Trinajstić information content (AvgIpc) is 2.98. The Labute approximate surface area is 108 Å². The third kappa shape index (κ3) is 3.21. The summed E-state index contributed by atoms with van der Waals surface area (Å²) in [4.78, 5) is 14.3. The number of aromatic nitrogens is 1. The van der Waals surface area contributed by atoms with Crippen LogP contribution in [0, 0.1) is 0 Å². The number of Topliss-reactive ketones (excluding diaryl/α,β-unsaturated/α-hetero) is 1. The maximum Gasteiger partial charge on any atom is 0.178 e. The molecule has 0 radical (unpaired) electrons. The van der Waals surface area contributed by atoms with Crippen molar-refractivity contribution in [2.45, 2.75) is 31.7 Å². The maximum atomic E-state index is 12.2. The van der Waals surface area contributed by atoms with Crippen LogP contribution >= 0.6 is 0 Å². The number of aliphatic hydroxyl groups is 1. The number of rotatable bonds is 6. The minimum atomic E-state index is 0.124. The van der Waals surface area contributed by atoms with Gasteiger partial charge in [0.1, 0.15) is 0 Å². The van der Waals surface area contributed by atoms with Gasteiger partial charge in [-0.1, -0.05) is 12.8 Å². The highest BCUT2D eigenvalue weighted by molar-refractivity contribution is 5.97. The first-order chi connectivity index (χ1) is 8.70. The summed E-state index contributed by atoms with van der Waals surface area (Å²) < 4.78 is 1.89. The van der Waals surface area contributed by atoms with E-state index >= 15 is 0 Å². The molecule has 0 atom stereocenters. The van der Waals surface area contributed by atoms with E-state index in [2.05, 4.69) is 4.90 Å². The molecular formula is C14H22N2O2. The van der Waals surface area contributed by atoms with Crippen LogP contribution < -0.4 is 0 Å². The monoisotopic (exact) mass is 250 g/mol. The molecule has 1 fully saturated rings. The first-order valence-electron chi connectivity index (χ1n) is 6.71. The van der Waals surface area contributed by atoms with Gasteiger partial charge in [0.15, 0.2) is 5.78 Å². The minimum Gasteiger partial charge on any atom is -0.395 e. The summed E-state index contributed by atoms with van der Waals surface area (Å²) in [6.07, 6.45) is 8.54. The molecule has 1 aromatic heterocycles. The van der Waals surface area contributed by atoms with Gasteiger partial charge in [0.2, 0.25) is 0 Å². The predicted molar refractivity (Wildman–Crippen MR) is 70.7 cm³/mol. The van der Waals surface area contributed by atoms with E-state index in [0.29, 0.717) is 19.1 Å². The molecule has 2 rings (SSSR count). The number of aryl methyl sites for hydroxylation is 1. The number of hydrogen-bond donors (Lipinski definition) is 1. The van der Waals surface area contributed by atoms with Crippen LogP contribution in [0.4, 0.5) is 0 Å². The van der Waals surface area contributed by atoms with Gasteiger partial charge in [-0.25, -0.2) is 0 Å². The summed E-state index contributed by atoms with van der Waals surface area (Å²) in [7, 11) is 1.92. The van der Waals surface area contributed by atoms with E-state index in [1.54, 1.807) is 0 Å². The van der Waals surface area contributed by atoms with Crippen LogP contribution in [0.2, 0.25) is 0 Å². The van der Waals surface area contributed by atoms with Gasteiger partial charge < -0.3 is 9.67 Å². The van der Waals surface area contributed by atoms with Crippen molar-refractivity contribution in [3.8, 4) is 0 Å². The van der Waals surface area contributed by atoms with Crippen LogP contribution in [0.3, 0.4) is 0 Å². The second kappa shape index (κ2) is 6.16. The largest absolute Gasteiger partial charge is 0.395 e. The van der Waals surface area contributed by atoms with Crippen molar-refractivity contribution in [2.24, 2.45) is 7.05 Å². The fourth-order valence-corrected chi connectivity index (χ4v) is 2.73. The number of carbonyl (C=O) groups is 1. The summed E-state index contributed by atoms with van der Waals surface area (Å²) >= 11 is 0. The maximum absolute atomic E-state index is 12.2. The van der Waals surface area contributed by atoms with Crippen LogP contribution in [0.1, 0.15) is 36.0 Å². The number of ketones is 1. The molecule has 18 heavy (non-hydrogen) atoms. The molecule has 4 nitrogen and oxygen atoms in total. The van der Waals surface area contributed by atoms with Crippen molar-refractivity contribution >= 4 is 5.78 Å². The molecule has 0 aromatic carbocycles. The highest BCUT2D eigenvalue weighted by Crippen LogP contribution is 2.23. The zero-order valence-corrected chi connectivity index (χ0v) is 11.0. The molecule has 1 aliphatic carbocycles. The number of nitrogens with zero attached hydrogens (tertiary/aromatic N) is 2. The van der Waals surface area contributed by atoms with E-state index in [9.17, 15) is 4.79 Å². The van der Waals surface area contributed by atoms with Gasteiger partial charge in [-0.3, -0.25) is 9.69 Å². The van der Waals surface area contributed by atoms with Gasteiger partial charge in [-0.2, -0.15) is 0 Å². The Hall–Kier alpha value is -1.13. The Kier molecular flexibility index (Phi) is 4.55. The molecule has 0 spiro atoms. The van der Waals surface area contributed by atoms with E-state index in [1.165, 1.54) is 12.8 Å². The normalized spacial score (nSPS) is 16.6.